The third-order valence-electron chi connectivity index (χ3n) is 4.90. The molecule has 0 aliphatic carbocycles. The fourth-order valence-electron chi connectivity index (χ4n) is 3.55. The van der Waals surface area contributed by atoms with Gasteiger partial charge in [-0.25, -0.2) is 4.98 Å². The highest BCUT2D eigenvalue weighted by atomic mass is 32.1. The van der Waals surface area contributed by atoms with Crippen molar-refractivity contribution in [3.63, 3.8) is 0 Å². The summed E-state index contributed by atoms with van der Waals surface area (Å²) in [4.78, 5) is 21.8. The smallest absolute Gasteiger partial charge is 0.227 e. The zero-order chi connectivity index (χ0) is 16.5. The van der Waals surface area contributed by atoms with Crippen LogP contribution in [-0.2, 0) is 9.53 Å². The molecule has 3 heterocycles. The van der Waals surface area contributed by atoms with Crippen molar-refractivity contribution in [3.8, 4) is 0 Å². The SMILES string of the molecule is Cc1ccc2nc(N3CCCC(C(=O)N4CCOCC4)C3)sc2c1. The van der Waals surface area contributed by atoms with Crippen molar-refractivity contribution in [3.05, 3.63) is 23.8 Å². The van der Waals surface area contributed by atoms with E-state index in [-0.39, 0.29) is 5.92 Å². The van der Waals surface area contributed by atoms with Crippen LogP contribution in [-0.4, -0.2) is 55.2 Å². The van der Waals surface area contributed by atoms with Crippen LogP contribution < -0.4 is 4.90 Å². The summed E-state index contributed by atoms with van der Waals surface area (Å²) in [6.45, 7) is 6.68. The third-order valence-corrected chi connectivity index (χ3v) is 5.98. The fourth-order valence-corrected chi connectivity index (χ4v) is 4.65. The largest absolute Gasteiger partial charge is 0.378 e. The van der Waals surface area contributed by atoms with E-state index in [0.717, 1.165) is 49.7 Å². The second-order valence-corrected chi connectivity index (χ2v) is 7.70. The van der Waals surface area contributed by atoms with Crippen LogP contribution in [0.2, 0.25) is 0 Å². The van der Waals surface area contributed by atoms with Gasteiger partial charge in [0.2, 0.25) is 5.91 Å². The van der Waals surface area contributed by atoms with Crippen LogP contribution in [0.25, 0.3) is 10.2 Å². The van der Waals surface area contributed by atoms with Crippen LogP contribution >= 0.6 is 11.3 Å². The minimum Gasteiger partial charge on any atom is -0.378 e. The highest BCUT2D eigenvalue weighted by Gasteiger charge is 2.31. The quantitative estimate of drug-likeness (QED) is 0.839. The highest BCUT2D eigenvalue weighted by Crippen LogP contribution is 2.32. The number of aryl methyl sites for hydroxylation is 1. The van der Waals surface area contributed by atoms with Crippen LogP contribution in [0.5, 0.6) is 0 Å². The van der Waals surface area contributed by atoms with Crippen molar-refractivity contribution in [1.29, 1.82) is 0 Å². The van der Waals surface area contributed by atoms with Crippen molar-refractivity contribution < 1.29 is 9.53 Å². The average molecular weight is 345 g/mol. The van der Waals surface area contributed by atoms with Gasteiger partial charge in [-0.05, 0) is 37.5 Å². The standard InChI is InChI=1S/C18H23N3O2S/c1-13-4-5-15-16(11-13)24-18(19-15)21-6-2-3-14(12-21)17(22)20-7-9-23-10-8-20/h4-5,11,14H,2-3,6-10,12H2,1H3. The summed E-state index contributed by atoms with van der Waals surface area (Å²) >= 11 is 1.74. The minimum atomic E-state index is 0.0885. The Balaban J connectivity index is 1.50. The van der Waals surface area contributed by atoms with Gasteiger partial charge in [0.15, 0.2) is 5.13 Å². The number of morpholine rings is 1. The summed E-state index contributed by atoms with van der Waals surface area (Å²) in [5.41, 5.74) is 2.32. The first-order chi connectivity index (χ1) is 11.7. The third kappa shape index (κ3) is 3.13. The van der Waals surface area contributed by atoms with Gasteiger partial charge in [-0.1, -0.05) is 17.4 Å². The van der Waals surface area contributed by atoms with Crippen molar-refractivity contribution in [2.75, 3.05) is 44.3 Å². The monoisotopic (exact) mass is 345 g/mol. The number of aromatic nitrogens is 1. The summed E-state index contributed by atoms with van der Waals surface area (Å²) in [5.74, 6) is 0.380. The molecule has 0 bridgehead atoms. The van der Waals surface area contributed by atoms with E-state index in [1.165, 1.54) is 10.3 Å². The van der Waals surface area contributed by atoms with Gasteiger partial charge in [-0.2, -0.15) is 0 Å². The number of ether oxygens (including phenoxy) is 1. The molecule has 2 aliphatic rings. The van der Waals surface area contributed by atoms with Crippen LogP contribution in [0, 0.1) is 12.8 Å². The number of hydrogen-bond donors (Lipinski definition) is 0. The summed E-state index contributed by atoms with van der Waals surface area (Å²) in [5, 5.41) is 1.05. The number of carbonyl (C=O) groups is 1. The van der Waals surface area contributed by atoms with Crippen LogP contribution in [0.4, 0.5) is 5.13 Å². The van der Waals surface area contributed by atoms with Crippen molar-refractivity contribution in [2.45, 2.75) is 19.8 Å². The molecule has 2 fully saturated rings. The molecule has 2 aliphatic heterocycles. The number of nitrogens with zero attached hydrogens (tertiary/aromatic N) is 3. The Morgan fingerprint density at radius 2 is 2.12 bits per heavy atom. The molecule has 0 spiro atoms. The van der Waals surface area contributed by atoms with E-state index in [1.54, 1.807) is 11.3 Å². The van der Waals surface area contributed by atoms with Crippen molar-refractivity contribution >= 4 is 32.6 Å². The first kappa shape index (κ1) is 15.8. The van der Waals surface area contributed by atoms with E-state index >= 15 is 0 Å². The van der Waals surface area contributed by atoms with Gasteiger partial charge in [-0.15, -0.1) is 0 Å². The Morgan fingerprint density at radius 3 is 2.96 bits per heavy atom. The molecule has 4 rings (SSSR count). The normalized spacial score (nSPS) is 22.1. The number of thiazole rings is 1. The van der Waals surface area contributed by atoms with Crippen molar-refractivity contribution in [1.82, 2.24) is 9.88 Å². The van der Waals surface area contributed by atoms with Gasteiger partial charge in [-0.3, -0.25) is 4.79 Å². The number of anilines is 1. The van der Waals surface area contributed by atoms with E-state index in [9.17, 15) is 4.79 Å². The molecule has 1 aromatic heterocycles. The molecule has 24 heavy (non-hydrogen) atoms. The van der Waals surface area contributed by atoms with Gasteiger partial charge in [0.25, 0.3) is 0 Å². The molecule has 0 radical (unpaired) electrons. The maximum absolute atomic E-state index is 12.8. The zero-order valence-electron chi connectivity index (χ0n) is 14.0. The second kappa shape index (κ2) is 6.69. The lowest BCUT2D eigenvalue weighted by Crippen LogP contribution is -2.48. The first-order valence-corrected chi connectivity index (χ1v) is 9.51. The van der Waals surface area contributed by atoms with Crippen LogP contribution in [0.1, 0.15) is 18.4 Å². The molecule has 2 aromatic rings. The molecule has 2 saturated heterocycles. The summed E-state index contributed by atoms with van der Waals surface area (Å²) < 4.78 is 6.59. The predicted molar refractivity (Wildman–Crippen MR) is 96.7 cm³/mol. The molecule has 5 nitrogen and oxygen atoms in total. The van der Waals surface area contributed by atoms with E-state index in [1.807, 2.05) is 4.90 Å². The Hall–Kier alpha value is -1.66. The Labute approximate surface area is 146 Å². The molecule has 0 N–H and O–H groups in total. The topological polar surface area (TPSA) is 45.7 Å². The molecule has 1 unspecified atom stereocenters. The Morgan fingerprint density at radius 1 is 1.29 bits per heavy atom. The highest BCUT2D eigenvalue weighted by molar-refractivity contribution is 7.22. The van der Waals surface area contributed by atoms with E-state index in [2.05, 4.69) is 30.0 Å². The molecule has 1 amide bonds. The Bertz CT molecular complexity index is 739. The summed E-state index contributed by atoms with van der Waals surface area (Å²) in [6, 6.07) is 6.38. The molecule has 0 saturated carbocycles. The maximum atomic E-state index is 12.8. The number of fused-ring (bicyclic) bond motifs is 1. The lowest BCUT2D eigenvalue weighted by molar-refractivity contribution is -0.139. The summed E-state index contributed by atoms with van der Waals surface area (Å²) in [7, 11) is 0. The van der Waals surface area contributed by atoms with Crippen LogP contribution in [0.15, 0.2) is 18.2 Å². The number of rotatable bonds is 2. The Kier molecular flexibility index (Phi) is 4.41. The molecular formula is C18H23N3O2S. The zero-order valence-corrected chi connectivity index (χ0v) is 14.8. The molecule has 1 aromatic carbocycles. The van der Waals surface area contributed by atoms with Gasteiger partial charge in [0.05, 0.1) is 29.3 Å². The molecule has 6 heteroatoms. The summed E-state index contributed by atoms with van der Waals surface area (Å²) in [6.07, 6.45) is 2.03. The van der Waals surface area contributed by atoms with Gasteiger partial charge in [0.1, 0.15) is 0 Å². The number of carbonyl (C=O) groups excluding carboxylic acids is 1. The van der Waals surface area contributed by atoms with E-state index in [0.29, 0.717) is 19.1 Å². The lowest BCUT2D eigenvalue weighted by atomic mass is 9.96. The fraction of sp³-hybridized carbons (Fsp3) is 0.556. The minimum absolute atomic E-state index is 0.0885. The van der Waals surface area contributed by atoms with Crippen LogP contribution in [0.3, 0.4) is 0 Å². The number of piperidine rings is 1. The van der Waals surface area contributed by atoms with Gasteiger partial charge in [0, 0.05) is 26.2 Å². The van der Waals surface area contributed by atoms with Gasteiger partial charge < -0.3 is 14.5 Å². The molecule has 128 valence electrons. The number of hydrogen-bond acceptors (Lipinski definition) is 5. The molecular weight excluding hydrogens is 322 g/mol. The number of benzene rings is 1. The van der Waals surface area contributed by atoms with Gasteiger partial charge >= 0.3 is 0 Å². The molecule has 1 atom stereocenters. The lowest BCUT2D eigenvalue weighted by Gasteiger charge is -2.36. The van der Waals surface area contributed by atoms with Crippen molar-refractivity contribution in [2.24, 2.45) is 5.92 Å². The number of amides is 1. The van der Waals surface area contributed by atoms with E-state index < -0.39 is 0 Å². The average Bonchev–Trinajstić information content (AvgIpc) is 3.05. The second-order valence-electron chi connectivity index (χ2n) is 6.69. The predicted octanol–water partition coefficient (Wildman–Crippen LogP) is 2.68. The maximum Gasteiger partial charge on any atom is 0.227 e. The van der Waals surface area contributed by atoms with E-state index in [4.69, 9.17) is 9.72 Å². The first-order valence-electron chi connectivity index (χ1n) is 8.69.